The van der Waals surface area contributed by atoms with E-state index in [1.807, 2.05) is 18.8 Å². The molecule has 2 atom stereocenters. The summed E-state index contributed by atoms with van der Waals surface area (Å²) in [6, 6.07) is 0.455. The maximum atomic E-state index is 8.79. The maximum Gasteiger partial charge on any atom is 0.0446 e. The van der Waals surface area contributed by atoms with Gasteiger partial charge in [0.15, 0.2) is 0 Å². The van der Waals surface area contributed by atoms with Crippen LogP contribution in [0.5, 0.6) is 0 Å². The summed E-state index contributed by atoms with van der Waals surface area (Å²) in [5.74, 6) is 1.83. The molecule has 0 saturated carbocycles. The summed E-state index contributed by atoms with van der Waals surface area (Å²) in [7, 11) is 1.96. The first-order chi connectivity index (χ1) is 6.11. The van der Waals surface area contributed by atoms with Gasteiger partial charge in [0, 0.05) is 23.7 Å². The van der Waals surface area contributed by atoms with Gasteiger partial charge in [-0.3, -0.25) is 0 Å². The molecule has 0 aromatic carbocycles. The van der Waals surface area contributed by atoms with Gasteiger partial charge in [0.2, 0.25) is 0 Å². The Kier molecular flexibility index (Phi) is 7.81. The van der Waals surface area contributed by atoms with Crippen LogP contribution >= 0.6 is 11.8 Å². The SMILES string of the molecule is CNC(CCO)CSC(C)C(C)C. The Morgan fingerprint density at radius 1 is 1.31 bits per heavy atom. The Balaban J connectivity index is 3.58. The van der Waals surface area contributed by atoms with Crippen molar-refractivity contribution in [2.24, 2.45) is 5.92 Å². The van der Waals surface area contributed by atoms with E-state index in [9.17, 15) is 0 Å². The maximum absolute atomic E-state index is 8.79. The molecule has 2 nitrogen and oxygen atoms in total. The molecule has 0 bridgehead atoms. The van der Waals surface area contributed by atoms with Crippen LogP contribution in [0.3, 0.4) is 0 Å². The van der Waals surface area contributed by atoms with Gasteiger partial charge in [0.1, 0.15) is 0 Å². The van der Waals surface area contributed by atoms with E-state index in [4.69, 9.17) is 5.11 Å². The van der Waals surface area contributed by atoms with E-state index in [1.54, 1.807) is 0 Å². The fourth-order valence-electron chi connectivity index (χ4n) is 0.927. The molecule has 0 heterocycles. The monoisotopic (exact) mass is 205 g/mol. The van der Waals surface area contributed by atoms with Gasteiger partial charge in [0.25, 0.3) is 0 Å². The highest BCUT2D eigenvalue weighted by molar-refractivity contribution is 7.99. The van der Waals surface area contributed by atoms with Crippen molar-refractivity contribution in [1.82, 2.24) is 5.32 Å². The molecule has 0 spiro atoms. The molecule has 13 heavy (non-hydrogen) atoms. The fraction of sp³-hybridized carbons (Fsp3) is 1.00. The van der Waals surface area contributed by atoms with Crippen LogP contribution in [0.15, 0.2) is 0 Å². The molecule has 0 aliphatic rings. The Labute approximate surface area is 86.5 Å². The molecule has 0 aromatic heterocycles. The summed E-state index contributed by atoms with van der Waals surface area (Å²) in [6.07, 6.45) is 0.855. The van der Waals surface area contributed by atoms with Crippen molar-refractivity contribution in [1.29, 1.82) is 0 Å². The van der Waals surface area contributed by atoms with Crippen molar-refractivity contribution in [2.75, 3.05) is 19.4 Å². The van der Waals surface area contributed by atoms with Crippen molar-refractivity contribution in [3.05, 3.63) is 0 Å². The smallest absolute Gasteiger partial charge is 0.0446 e. The molecular formula is C10H23NOS. The summed E-state index contributed by atoms with van der Waals surface area (Å²) in [6.45, 7) is 7.04. The molecule has 3 heteroatoms. The second kappa shape index (κ2) is 7.65. The van der Waals surface area contributed by atoms with Gasteiger partial charge in [-0.25, -0.2) is 0 Å². The lowest BCUT2D eigenvalue weighted by atomic mass is 10.2. The van der Waals surface area contributed by atoms with Crippen LogP contribution in [0.2, 0.25) is 0 Å². The van der Waals surface area contributed by atoms with Gasteiger partial charge < -0.3 is 10.4 Å². The molecule has 2 unspecified atom stereocenters. The van der Waals surface area contributed by atoms with Crippen LogP contribution in [0, 0.1) is 5.92 Å². The molecule has 0 fully saturated rings. The van der Waals surface area contributed by atoms with Crippen molar-refractivity contribution in [3.63, 3.8) is 0 Å². The lowest BCUT2D eigenvalue weighted by Gasteiger charge is -2.19. The summed E-state index contributed by atoms with van der Waals surface area (Å²) >= 11 is 1.98. The number of thioether (sulfide) groups is 1. The quantitative estimate of drug-likeness (QED) is 0.664. The second-order valence-electron chi connectivity index (χ2n) is 3.78. The second-order valence-corrected chi connectivity index (χ2v) is 5.19. The Morgan fingerprint density at radius 3 is 2.31 bits per heavy atom. The number of hydrogen-bond acceptors (Lipinski definition) is 3. The summed E-state index contributed by atoms with van der Waals surface area (Å²) in [4.78, 5) is 0. The molecule has 0 amide bonds. The first-order valence-corrected chi connectivity index (χ1v) is 6.06. The number of rotatable bonds is 7. The molecule has 0 radical (unpaired) electrons. The summed E-state index contributed by atoms with van der Waals surface area (Å²) < 4.78 is 0. The average molecular weight is 205 g/mol. The van der Waals surface area contributed by atoms with Crippen LogP contribution < -0.4 is 5.32 Å². The van der Waals surface area contributed by atoms with Gasteiger partial charge in [0.05, 0.1) is 0 Å². The van der Waals surface area contributed by atoms with E-state index < -0.39 is 0 Å². The van der Waals surface area contributed by atoms with Gasteiger partial charge >= 0.3 is 0 Å². The molecule has 2 N–H and O–H groups in total. The van der Waals surface area contributed by atoms with Crippen LogP contribution in [-0.4, -0.2) is 35.8 Å². The highest BCUT2D eigenvalue weighted by Gasteiger charge is 2.11. The van der Waals surface area contributed by atoms with Crippen molar-refractivity contribution >= 4 is 11.8 Å². The zero-order valence-corrected chi connectivity index (χ0v) is 10.0. The van der Waals surface area contributed by atoms with E-state index in [0.29, 0.717) is 11.3 Å². The van der Waals surface area contributed by atoms with Crippen molar-refractivity contribution in [2.45, 2.75) is 38.5 Å². The fourth-order valence-corrected chi connectivity index (χ4v) is 2.18. The third-order valence-electron chi connectivity index (χ3n) is 2.38. The predicted molar refractivity (Wildman–Crippen MR) is 61.3 cm³/mol. The lowest BCUT2D eigenvalue weighted by molar-refractivity contribution is 0.273. The number of aliphatic hydroxyl groups excluding tert-OH is 1. The molecule has 0 aliphatic carbocycles. The number of hydrogen-bond donors (Lipinski definition) is 2. The minimum absolute atomic E-state index is 0.280. The van der Waals surface area contributed by atoms with E-state index >= 15 is 0 Å². The van der Waals surface area contributed by atoms with E-state index in [0.717, 1.165) is 18.1 Å². The van der Waals surface area contributed by atoms with Crippen LogP contribution in [-0.2, 0) is 0 Å². The molecule has 0 aliphatic heterocycles. The highest BCUT2D eigenvalue weighted by atomic mass is 32.2. The molecule has 0 aromatic rings. The van der Waals surface area contributed by atoms with Gasteiger partial charge in [-0.1, -0.05) is 20.8 Å². The summed E-state index contributed by atoms with van der Waals surface area (Å²) in [5.41, 5.74) is 0. The summed E-state index contributed by atoms with van der Waals surface area (Å²) in [5, 5.41) is 12.7. The van der Waals surface area contributed by atoms with Crippen LogP contribution in [0.25, 0.3) is 0 Å². The first kappa shape index (κ1) is 13.3. The zero-order chi connectivity index (χ0) is 10.3. The van der Waals surface area contributed by atoms with Crippen molar-refractivity contribution in [3.8, 4) is 0 Å². The van der Waals surface area contributed by atoms with Gasteiger partial charge in [-0.15, -0.1) is 0 Å². The van der Waals surface area contributed by atoms with Crippen LogP contribution in [0.1, 0.15) is 27.2 Å². The minimum Gasteiger partial charge on any atom is -0.396 e. The average Bonchev–Trinajstić information content (AvgIpc) is 2.11. The highest BCUT2D eigenvalue weighted by Crippen LogP contribution is 2.19. The molecular weight excluding hydrogens is 182 g/mol. The van der Waals surface area contributed by atoms with Gasteiger partial charge in [-0.05, 0) is 19.4 Å². The first-order valence-electron chi connectivity index (χ1n) is 5.01. The van der Waals surface area contributed by atoms with E-state index in [1.165, 1.54) is 0 Å². The zero-order valence-electron chi connectivity index (χ0n) is 9.21. The minimum atomic E-state index is 0.280. The van der Waals surface area contributed by atoms with E-state index in [-0.39, 0.29) is 6.61 Å². The van der Waals surface area contributed by atoms with Gasteiger partial charge in [-0.2, -0.15) is 11.8 Å². The molecule has 0 rings (SSSR count). The number of aliphatic hydroxyl groups is 1. The Hall–Kier alpha value is 0.270. The standard InChI is InChI=1S/C10H23NOS/c1-8(2)9(3)13-7-10(11-4)5-6-12/h8-12H,5-7H2,1-4H3. The Bertz CT molecular complexity index is 119. The normalized spacial score (nSPS) is 16.2. The predicted octanol–water partition coefficient (Wildman–Crippen LogP) is 1.73. The van der Waals surface area contributed by atoms with Crippen molar-refractivity contribution < 1.29 is 5.11 Å². The lowest BCUT2D eigenvalue weighted by Crippen LogP contribution is -2.29. The van der Waals surface area contributed by atoms with E-state index in [2.05, 4.69) is 26.1 Å². The molecule has 80 valence electrons. The third kappa shape index (κ3) is 6.36. The largest absolute Gasteiger partial charge is 0.396 e. The molecule has 0 saturated heterocycles. The number of nitrogens with one attached hydrogen (secondary N) is 1. The topological polar surface area (TPSA) is 32.3 Å². The third-order valence-corrected chi connectivity index (χ3v) is 4.05. The van der Waals surface area contributed by atoms with Crippen LogP contribution in [0.4, 0.5) is 0 Å². The Morgan fingerprint density at radius 2 is 1.92 bits per heavy atom.